The minimum absolute atomic E-state index is 0.429. The lowest BCUT2D eigenvalue weighted by Gasteiger charge is -2.18. The molecule has 0 spiro atoms. The van der Waals surface area contributed by atoms with Gasteiger partial charge in [-0.1, -0.05) is 43.7 Å². The summed E-state index contributed by atoms with van der Waals surface area (Å²) in [5.74, 6) is 0.597. The molecule has 0 amide bonds. The molecule has 1 aromatic heterocycles. The van der Waals surface area contributed by atoms with E-state index in [1.807, 2.05) is 7.05 Å². The predicted molar refractivity (Wildman–Crippen MR) is 81.4 cm³/mol. The Hall–Kier alpha value is -1.54. The van der Waals surface area contributed by atoms with Crippen LogP contribution in [0.25, 0.3) is 0 Å². The molecule has 0 bridgehead atoms. The van der Waals surface area contributed by atoms with Crippen molar-refractivity contribution < 1.29 is 0 Å². The maximum atomic E-state index is 3.39. The number of nitrogens with zero attached hydrogens (tertiary/aromatic N) is 1. The number of aromatic nitrogens is 1. The van der Waals surface area contributed by atoms with Gasteiger partial charge in [0.1, 0.15) is 0 Å². The van der Waals surface area contributed by atoms with E-state index < -0.39 is 0 Å². The van der Waals surface area contributed by atoms with E-state index in [9.17, 15) is 0 Å². The van der Waals surface area contributed by atoms with Crippen molar-refractivity contribution in [3.63, 3.8) is 0 Å². The third-order valence-corrected chi connectivity index (χ3v) is 3.56. The summed E-state index contributed by atoms with van der Waals surface area (Å²) >= 11 is 0. The molecule has 1 aromatic carbocycles. The van der Waals surface area contributed by atoms with Crippen LogP contribution in [-0.4, -0.2) is 11.6 Å². The van der Waals surface area contributed by atoms with E-state index in [0.717, 1.165) is 6.54 Å². The van der Waals surface area contributed by atoms with E-state index in [0.29, 0.717) is 12.0 Å². The fourth-order valence-corrected chi connectivity index (χ4v) is 2.65. The van der Waals surface area contributed by atoms with Gasteiger partial charge in [-0.05, 0) is 37.1 Å². The van der Waals surface area contributed by atoms with Crippen molar-refractivity contribution in [3.05, 3.63) is 59.4 Å². The summed E-state index contributed by atoms with van der Waals surface area (Å²) in [6.45, 7) is 7.58. The second kappa shape index (κ2) is 6.07. The number of hydrogen-bond donors (Lipinski definition) is 1. The first-order valence-corrected chi connectivity index (χ1v) is 6.98. The van der Waals surface area contributed by atoms with Gasteiger partial charge >= 0.3 is 0 Å². The largest absolute Gasteiger partial charge is 0.350 e. The Kier molecular flexibility index (Phi) is 4.43. The number of aryl methyl sites for hydroxylation is 1. The number of benzene rings is 1. The van der Waals surface area contributed by atoms with Crippen LogP contribution in [0.15, 0.2) is 42.7 Å². The van der Waals surface area contributed by atoms with Gasteiger partial charge in [0, 0.05) is 25.0 Å². The summed E-state index contributed by atoms with van der Waals surface area (Å²) in [6.07, 6.45) is 4.42. The minimum Gasteiger partial charge on any atom is -0.350 e. The number of nitrogens with one attached hydrogen (secondary N) is 1. The van der Waals surface area contributed by atoms with Crippen molar-refractivity contribution in [1.29, 1.82) is 0 Å². The van der Waals surface area contributed by atoms with Crippen LogP contribution >= 0.6 is 0 Å². The lowest BCUT2D eigenvalue weighted by atomic mass is 9.99. The van der Waals surface area contributed by atoms with Gasteiger partial charge < -0.3 is 9.88 Å². The number of rotatable bonds is 5. The molecular formula is C17H24N2. The lowest BCUT2D eigenvalue weighted by Crippen LogP contribution is -2.21. The smallest absolute Gasteiger partial charge is 0.0470 e. The van der Waals surface area contributed by atoms with Gasteiger partial charge in [0.2, 0.25) is 0 Å². The summed E-state index contributed by atoms with van der Waals surface area (Å²) in [6, 6.07) is 11.3. The summed E-state index contributed by atoms with van der Waals surface area (Å²) in [5.41, 5.74) is 4.04. The average molecular weight is 256 g/mol. The Bertz CT molecular complexity index is 526. The van der Waals surface area contributed by atoms with Crippen molar-refractivity contribution in [2.75, 3.05) is 7.05 Å². The molecule has 2 aromatic rings. The van der Waals surface area contributed by atoms with Crippen LogP contribution in [0.4, 0.5) is 0 Å². The van der Waals surface area contributed by atoms with Gasteiger partial charge in [0.05, 0.1) is 0 Å². The Morgan fingerprint density at radius 3 is 2.63 bits per heavy atom. The normalized spacial score (nSPS) is 12.9. The molecule has 0 saturated heterocycles. The van der Waals surface area contributed by atoms with Crippen LogP contribution in [0.3, 0.4) is 0 Å². The monoisotopic (exact) mass is 256 g/mol. The molecule has 2 heteroatoms. The fourth-order valence-electron chi connectivity index (χ4n) is 2.65. The first kappa shape index (κ1) is 13.9. The maximum Gasteiger partial charge on any atom is 0.0470 e. The van der Waals surface area contributed by atoms with Gasteiger partial charge in [-0.2, -0.15) is 0 Å². The van der Waals surface area contributed by atoms with Crippen LogP contribution in [0.5, 0.6) is 0 Å². The first-order valence-electron chi connectivity index (χ1n) is 6.98. The molecule has 1 heterocycles. The van der Waals surface area contributed by atoms with Gasteiger partial charge in [0.25, 0.3) is 0 Å². The van der Waals surface area contributed by atoms with E-state index in [1.54, 1.807) is 0 Å². The molecule has 1 unspecified atom stereocenters. The van der Waals surface area contributed by atoms with Crippen LogP contribution in [0.2, 0.25) is 0 Å². The summed E-state index contributed by atoms with van der Waals surface area (Å²) in [7, 11) is 2.03. The summed E-state index contributed by atoms with van der Waals surface area (Å²) in [5, 5.41) is 3.39. The highest BCUT2D eigenvalue weighted by molar-refractivity contribution is 5.24. The lowest BCUT2D eigenvalue weighted by molar-refractivity contribution is 0.443. The molecule has 19 heavy (non-hydrogen) atoms. The molecule has 0 aliphatic heterocycles. The van der Waals surface area contributed by atoms with Crippen molar-refractivity contribution in [2.24, 2.45) is 5.92 Å². The highest BCUT2D eigenvalue weighted by Crippen LogP contribution is 2.21. The standard InChI is InChI=1S/C17H24N2/c1-13(2)17(18-4)16-8-9-19(12-16)11-15-7-5-6-14(3)10-15/h5-10,12-13,17-18H,11H2,1-4H3. The Morgan fingerprint density at radius 2 is 2.00 bits per heavy atom. The third-order valence-electron chi connectivity index (χ3n) is 3.56. The summed E-state index contributed by atoms with van der Waals surface area (Å²) < 4.78 is 2.26. The molecule has 1 N–H and O–H groups in total. The number of hydrogen-bond acceptors (Lipinski definition) is 1. The molecule has 102 valence electrons. The molecule has 0 aliphatic rings. The van der Waals surface area contributed by atoms with Gasteiger partial charge in [-0.15, -0.1) is 0 Å². The molecule has 1 atom stereocenters. The predicted octanol–water partition coefficient (Wildman–Crippen LogP) is 3.76. The molecular weight excluding hydrogens is 232 g/mol. The van der Waals surface area contributed by atoms with Gasteiger partial charge in [0.15, 0.2) is 0 Å². The van der Waals surface area contributed by atoms with E-state index in [4.69, 9.17) is 0 Å². The quantitative estimate of drug-likeness (QED) is 0.862. The molecule has 0 radical (unpaired) electrons. The zero-order valence-corrected chi connectivity index (χ0v) is 12.4. The molecule has 0 saturated carbocycles. The maximum absolute atomic E-state index is 3.39. The van der Waals surface area contributed by atoms with Crippen LogP contribution in [0, 0.1) is 12.8 Å². The van der Waals surface area contributed by atoms with E-state index in [-0.39, 0.29) is 0 Å². The topological polar surface area (TPSA) is 17.0 Å². The van der Waals surface area contributed by atoms with Gasteiger partial charge in [-0.3, -0.25) is 0 Å². The Balaban J connectivity index is 2.13. The van der Waals surface area contributed by atoms with Crippen molar-refractivity contribution >= 4 is 0 Å². The highest BCUT2D eigenvalue weighted by atomic mass is 15.0. The first-order chi connectivity index (χ1) is 9.10. The molecule has 0 aliphatic carbocycles. The van der Waals surface area contributed by atoms with E-state index >= 15 is 0 Å². The second-order valence-electron chi connectivity index (χ2n) is 5.62. The van der Waals surface area contributed by atoms with E-state index in [2.05, 4.69) is 73.4 Å². The van der Waals surface area contributed by atoms with Crippen LogP contribution in [-0.2, 0) is 6.54 Å². The fraction of sp³-hybridized carbons (Fsp3) is 0.412. The third kappa shape index (κ3) is 3.48. The highest BCUT2D eigenvalue weighted by Gasteiger charge is 2.14. The van der Waals surface area contributed by atoms with Crippen LogP contribution in [0.1, 0.15) is 36.6 Å². The Labute approximate surface area is 116 Å². The minimum atomic E-state index is 0.429. The molecule has 2 rings (SSSR count). The van der Waals surface area contributed by atoms with Crippen molar-refractivity contribution in [3.8, 4) is 0 Å². The Morgan fingerprint density at radius 1 is 1.21 bits per heavy atom. The van der Waals surface area contributed by atoms with E-state index in [1.165, 1.54) is 16.7 Å². The molecule has 0 fully saturated rings. The average Bonchev–Trinajstić information content (AvgIpc) is 2.78. The summed E-state index contributed by atoms with van der Waals surface area (Å²) in [4.78, 5) is 0. The second-order valence-corrected chi connectivity index (χ2v) is 5.62. The van der Waals surface area contributed by atoms with Crippen molar-refractivity contribution in [2.45, 2.75) is 33.4 Å². The SMILES string of the molecule is CNC(c1ccn(Cc2cccc(C)c2)c1)C(C)C. The zero-order chi connectivity index (χ0) is 13.8. The van der Waals surface area contributed by atoms with Crippen LogP contribution < -0.4 is 5.32 Å². The zero-order valence-electron chi connectivity index (χ0n) is 12.4. The van der Waals surface area contributed by atoms with Gasteiger partial charge in [-0.25, -0.2) is 0 Å². The van der Waals surface area contributed by atoms with Crippen molar-refractivity contribution in [1.82, 2.24) is 9.88 Å². The molecule has 2 nitrogen and oxygen atoms in total.